The molecule has 0 bridgehead atoms. The van der Waals surface area contributed by atoms with E-state index in [2.05, 4.69) is 9.62 Å². The maximum atomic E-state index is 13.0. The van der Waals surface area contributed by atoms with Gasteiger partial charge in [0.25, 0.3) is 5.91 Å². The summed E-state index contributed by atoms with van der Waals surface area (Å²) in [5.74, 6) is -0.353. The SMILES string of the molecule is O=C(NS(=O)c1ccccc1-c1ccccc1)c1cc2ccc(N3CCC3)cc2o1. The zero-order valence-electron chi connectivity index (χ0n) is 16.2. The van der Waals surface area contributed by atoms with E-state index >= 15 is 0 Å². The molecule has 1 N–H and O–H groups in total. The molecule has 0 aliphatic carbocycles. The lowest BCUT2D eigenvalue weighted by Crippen LogP contribution is -2.36. The highest BCUT2D eigenvalue weighted by atomic mass is 32.2. The van der Waals surface area contributed by atoms with Gasteiger partial charge in [-0.3, -0.25) is 9.52 Å². The zero-order valence-corrected chi connectivity index (χ0v) is 17.0. The first-order valence-electron chi connectivity index (χ1n) is 9.85. The molecule has 1 atom stereocenters. The lowest BCUT2D eigenvalue weighted by atomic mass is 10.1. The largest absolute Gasteiger partial charge is 0.451 e. The number of amides is 1. The van der Waals surface area contributed by atoms with E-state index in [-0.39, 0.29) is 5.76 Å². The van der Waals surface area contributed by atoms with Crippen LogP contribution in [0.1, 0.15) is 17.0 Å². The number of rotatable bonds is 5. The van der Waals surface area contributed by atoms with E-state index in [0.29, 0.717) is 10.5 Å². The van der Waals surface area contributed by atoms with Crippen LogP contribution in [0.3, 0.4) is 0 Å². The zero-order chi connectivity index (χ0) is 20.5. The van der Waals surface area contributed by atoms with Gasteiger partial charge >= 0.3 is 0 Å². The van der Waals surface area contributed by atoms with Crippen LogP contribution < -0.4 is 9.62 Å². The second-order valence-corrected chi connectivity index (χ2v) is 8.42. The Morgan fingerprint density at radius 3 is 2.47 bits per heavy atom. The summed E-state index contributed by atoms with van der Waals surface area (Å²) in [6, 6.07) is 24.7. The van der Waals surface area contributed by atoms with E-state index in [1.165, 1.54) is 6.42 Å². The van der Waals surface area contributed by atoms with E-state index in [0.717, 1.165) is 35.3 Å². The quantitative estimate of drug-likeness (QED) is 0.509. The highest BCUT2D eigenvalue weighted by Gasteiger charge is 2.19. The van der Waals surface area contributed by atoms with Crippen LogP contribution in [0.25, 0.3) is 22.1 Å². The summed E-state index contributed by atoms with van der Waals surface area (Å²) in [5, 5.41) is 0.847. The number of benzene rings is 3. The fourth-order valence-electron chi connectivity index (χ4n) is 3.58. The summed E-state index contributed by atoms with van der Waals surface area (Å²) in [4.78, 5) is 15.5. The molecule has 1 aliphatic rings. The molecule has 6 heteroatoms. The summed E-state index contributed by atoms with van der Waals surface area (Å²) in [5.41, 5.74) is 3.51. The third-order valence-electron chi connectivity index (χ3n) is 5.31. The average Bonchev–Trinajstić information content (AvgIpc) is 3.17. The van der Waals surface area contributed by atoms with Gasteiger partial charge in [-0.25, -0.2) is 4.21 Å². The molecule has 1 saturated heterocycles. The van der Waals surface area contributed by atoms with Crippen molar-refractivity contribution >= 4 is 33.5 Å². The number of carbonyl (C=O) groups excluding carboxylic acids is 1. The van der Waals surface area contributed by atoms with Gasteiger partial charge in [0.1, 0.15) is 5.58 Å². The fraction of sp³-hybridized carbons (Fsp3) is 0.125. The number of hydrogen-bond donors (Lipinski definition) is 1. The highest BCUT2D eigenvalue weighted by molar-refractivity contribution is 7.83. The van der Waals surface area contributed by atoms with Gasteiger partial charge in [0.05, 0.1) is 4.90 Å². The van der Waals surface area contributed by atoms with Crippen LogP contribution in [0.4, 0.5) is 5.69 Å². The van der Waals surface area contributed by atoms with Crippen molar-refractivity contribution in [2.24, 2.45) is 0 Å². The minimum Gasteiger partial charge on any atom is -0.451 e. The minimum atomic E-state index is -1.72. The molecule has 0 spiro atoms. The van der Waals surface area contributed by atoms with Crippen LogP contribution in [-0.4, -0.2) is 23.2 Å². The van der Waals surface area contributed by atoms with E-state index in [4.69, 9.17) is 4.42 Å². The molecule has 4 aromatic rings. The van der Waals surface area contributed by atoms with E-state index in [1.807, 2.05) is 66.7 Å². The lowest BCUT2D eigenvalue weighted by molar-refractivity contribution is 0.0958. The second-order valence-electron chi connectivity index (χ2n) is 7.24. The number of nitrogens with zero attached hydrogens (tertiary/aromatic N) is 1. The molecule has 0 saturated carbocycles. The summed E-state index contributed by atoms with van der Waals surface area (Å²) >= 11 is 0. The monoisotopic (exact) mass is 416 g/mol. The molecular weight excluding hydrogens is 396 g/mol. The van der Waals surface area contributed by atoms with Crippen molar-refractivity contribution in [3.8, 4) is 11.1 Å². The molecule has 2 heterocycles. The van der Waals surface area contributed by atoms with Crippen LogP contribution in [0.2, 0.25) is 0 Å². The van der Waals surface area contributed by atoms with Crippen molar-refractivity contribution < 1.29 is 13.4 Å². The molecule has 1 amide bonds. The van der Waals surface area contributed by atoms with Crippen molar-refractivity contribution in [2.75, 3.05) is 18.0 Å². The summed E-state index contributed by atoms with van der Waals surface area (Å²) in [6.07, 6.45) is 1.19. The Hall–Kier alpha value is -3.38. The average molecular weight is 417 g/mol. The van der Waals surface area contributed by atoms with Gasteiger partial charge < -0.3 is 9.32 Å². The van der Waals surface area contributed by atoms with Gasteiger partial charge in [-0.15, -0.1) is 0 Å². The third-order valence-corrected chi connectivity index (χ3v) is 6.43. The Morgan fingerprint density at radius 2 is 1.70 bits per heavy atom. The topological polar surface area (TPSA) is 62.6 Å². The summed E-state index contributed by atoms with van der Waals surface area (Å²) in [6.45, 7) is 2.08. The van der Waals surface area contributed by atoms with Crippen LogP contribution in [0, 0.1) is 0 Å². The molecule has 5 nitrogen and oxygen atoms in total. The Labute approximate surface area is 176 Å². The number of furan rings is 1. The van der Waals surface area contributed by atoms with Crippen LogP contribution >= 0.6 is 0 Å². The van der Waals surface area contributed by atoms with Crippen LogP contribution in [0.5, 0.6) is 0 Å². The molecule has 5 rings (SSSR count). The van der Waals surface area contributed by atoms with Crippen molar-refractivity contribution in [2.45, 2.75) is 11.3 Å². The predicted octanol–water partition coefficient (Wildman–Crippen LogP) is 4.76. The Morgan fingerprint density at radius 1 is 0.933 bits per heavy atom. The Kier molecular flexibility index (Phi) is 4.85. The molecule has 1 aromatic heterocycles. The molecule has 1 unspecified atom stereocenters. The predicted molar refractivity (Wildman–Crippen MR) is 119 cm³/mol. The van der Waals surface area contributed by atoms with Gasteiger partial charge in [-0.05, 0) is 41.8 Å². The highest BCUT2D eigenvalue weighted by Crippen LogP contribution is 2.28. The number of hydrogen-bond acceptors (Lipinski definition) is 4. The first-order valence-corrected chi connectivity index (χ1v) is 11.0. The first kappa shape index (κ1) is 18.6. The van der Waals surface area contributed by atoms with E-state index < -0.39 is 16.9 Å². The molecule has 30 heavy (non-hydrogen) atoms. The summed E-state index contributed by atoms with van der Waals surface area (Å²) in [7, 11) is -1.72. The molecule has 1 fully saturated rings. The molecule has 0 radical (unpaired) electrons. The van der Waals surface area contributed by atoms with Gasteiger partial charge in [0, 0.05) is 30.2 Å². The smallest absolute Gasteiger partial charge is 0.298 e. The van der Waals surface area contributed by atoms with Crippen molar-refractivity contribution in [1.29, 1.82) is 0 Å². The van der Waals surface area contributed by atoms with Gasteiger partial charge in [0.15, 0.2) is 16.7 Å². The normalized spacial score (nSPS) is 14.3. The number of nitrogens with one attached hydrogen (secondary N) is 1. The van der Waals surface area contributed by atoms with Crippen molar-refractivity contribution in [3.05, 3.63) is 84.6 Å². The molecule has 150 valence electrons. The number of fused-ring (bicyclic) bond motifs is 1. The van der Waals surface area contributed by atoms with E-state index in [1.54, 1.807) is 12.1 Å². The van der Waals surface area contributed by atoms with Gasteiger partial charge in [-0.1, -0.05) is 48.5 Å². The fourth-order valence-corrected chi connectivity index (χ4v) is 4.54. The first-order chi connectivity index (χ1) is 14.7. The van der Waals surface area contributed by atoms with Crippen LogP contribution in [-0.2, 0) is 11.0 Å². The Balaban J connectivity index is 1.39. The molecule has 1 aliphatic heterocycles. The van der Waals surface area contributed by atoms with Gasteiger partial charge in [0.2, 0.25) is 0 Å². The maximum absolute atomic E-state index is 13.0. The van der Waals surface area contributed by atoms with Crippen molar-refractivity contribution in [3.63, 3.8) is 0 Å². The number of carbonyl (C=O) groups is 1. The van der Waals surface area contributed by atoms with Gasteiger partial charge in [-0.2, -0.15) is 0 Å². The minimum absolute atomic E-state index is 0.149. The molecular formula is C24H20N2O3S. The van der Waals surface area contributed by atoms with Crippen LogP contribution in [0.15, 0.2) is 88.2 Å². The van der Waals surface area contributed by atoms with E-state index in [9.17, 15) is 9.00 Å². The standard InChI is InChI=1S/C24H20N2O3S/c27-24(22-15-18-11-12-19(16-21(18)29-22)26-13-6-14-26)25-30(28)23-10-5-4-9-20(23)17-7-2-1-3-8-17/h1-5,7-12,15-16H,6,13-14H2,(H,25,27). The maximum Gasteiger partial charge on any atom is 0.298 e. The second kappa shape index (κ2) is 7.80. The Bertz CT molecular complexity index is 1250. The summed E-state index contributed by atoms with van der Waals surface area (Å²) < 4.78 is 21.3. The number of anilines is 1. The van der Waals surface area contributed by atoms with Crippen molar-refractivity contribution in [1.82, 2.24) is 4.72 Å². The third kappa shape index (κ3) is 3.50. The lowest BCUT2D eigenvalue weighted by Gasteiger charge is -2.33. The molecule has 3 aromatic carbocycles.